The molecule has 0 radical (unpaired) electrons. The normalized spacial score (nSPS) is 11.8. The molecule has 3 heteroatoms. The van der Waals surface area contributed by atoms with Gasteiger partial charge in [0.15, 0.2) is 0 Å². The van der Waals surface area contributed by atoms with Crippen LogP contribution in [0, 0.1) is 12.7 Å². The van der Waals surface area contributed by atoms with Gasteiger partial charge in [-0.3, -0.25) is 0 Å². The van der Waals surface area contributed by atoms with E-state index in [1.54, 1.807) is 12.1 Å². The van der Waals surface area contributed by atoms with Gasteiger partial charge in [-0.15, -0.1) is 0 Å². The lowest BCUT2D eigenvalue weighted by Gasteiger charge is -2.15. The third-order valence-corrected chi connectivity index (χ3v) is 5.68. The Hall–Kier alpha value is -0.283. The molecule has 0 saturated heterocycles. The predicted octanol–water partition coefficient (Wildman–Crippen LogP) is 4.71. The summed E-state index contributed by atoms with van der Waals surface area (Å²) in [5, 5.41) is 0. The van der Waals surface area contributed by atoms with Gasteiger partial charge in [0.1, 0.15) is 5.82 Å². The van der Waals surface area contributed by atoms with Crippen molar-refractivity contribution in [3.05, 3.63) is 35.1 Å². The molecule has 0 unspecified atom stereocenters. The van der Waals surface area contributed by atoms with Gasteiger partial charge in [-0.1, -0.05) is 25.7 Å². The minimum atomic E-state index is -0.899. The second-order valence-electron chi connectivity index (χ2n) is 5.43. The van der Waals surface area contributed by atoms with Crippen molar-refractivity contribution in [1.82, 2.24) is 0 Å². The number of aryl methyl sites for hydroxylation is 1. The topological polar surface area (TPSA) is 0 Å². The average molecular weight is 256 g/mol. The quantitative estimate of drug-likeness (QED) is 0.543. The molecule has 0 aliphatic rings. The molecule has 1 aromatic carbocycles. The number of rotatable bonds is 5. The average Bonchev–Trinajstić information content (AvgIpc) is 2.13. The molecule has 0 bridgehead atoms. The number of hydrogen-bond donors (Lipinski definition) is 0. The van der Waals surface area contributed by atoms with Crippen LogP contribution in [0.2, 0.25) is 25.7 Å². The van der Waals surface area contributed by atoms with Crippen LogP contribution in [0.3, 0.4) is 0 Å². The highest BCUT2D eigenvalue weighted by molar-refractivity contribution is 7.98. The van der Waals surface area contributed by atoms with Crippen LogP contribution >= 0.6 is 11.8 Å². The fourth-order valence-corrected chi connectivity index (χ4v) is 5.10. The zero-order chi connectivity index (χ0) is 12.2. The summed E-state index contributed by atoms with van der Waals surface area (Å²) in [6.07, 6.45) is 0. The molecule has 0 fully saturated rings. The van der Waals surface area contributed by atoms with Crippen LogP contribution in [0.15, 0.2) is 18.2 Å². The summed E-state index contributed by atoms with van der Waals surface area (Å²) < 4.78 is 12.9. The summed E-state index contributed by atoms with van der Waals surface area (Å²) in [7, 11) is -0.899. The molecule has 0 N–H and O–H groups in total. The molecule has 0 saturated carbocycles. The lowest BCUT2D eigenvalue weighted by Crippen LogP contribution is -2.19. The molecule has 16 heavy (non-hydrogen) atoms. The van der Waals surface area contributed by atoms with E-state index in [1.165, 1.54) is 17.4 Å². The third kappa shape index (κ3) is 5.17. The van der Waals surface area contributed by atoms with Crippen LogP contribution in [0.25, 0.3) is 0 Å². The van der Waals surface area contributed by atoms with Gasteiger partial charge in [-0.05, 0) is 42.0 Å². The van der Waals surface area contributed by atoms with Crippen LogP contribution in [-0.2, 0) is 5.75 Å². The molecule has 0 nitrogen and oxygen atoms in total. The van der Waals surface area contributed by atoms with Crippen LogP contribution < -0.4 is 0 Å². The van der Waals surface area contributed by atoms with Crippen molar-refractivity contribution in [2.24, 2.45) is 0 Å². The zero-order valence-corrected chi connectivity index (χ0v) is 12.5. The van der Waals surface area contributed by atoms with Gasteiger partial charge in [-0.2, -0.15) is 11.8 Å². The van der Waals surface area contributed by atoms with Crippen LogP contribution in [0.4, 0.5) is 4.39 Å². The summed E-state index contributed by atoms with van der Waals surface area (Å²) in [4.78, 5) is 0. The first-order valence-corrected chi connectivity index (χ1v) is 10.6. The summed E-state index contributed by atoms with van der Waals surface area (Å²) in [6.45, 7) is 9.18. The molecule has 1 rings (SSSR count). The molecule has 0 amide bonds. The Kier molecular flexibility index (Phi) is 5.06. The van der Waals surface area contributed by atoms with Crippen molar-refractivity contribution in [1.29, 1.82) is 0 Å². The SMILES string of the molecule is Cc1cc(F)ccc1CSCC[Si](C)(C)C. The van der Waals surface area contributed by atoms with Gasteiger partial charge in [-0.25, -0.2) is 4.39 Å². The van der Waals surface area contributed by atoms with Gasteiger partial charge >= 0.3 is 0 Å². The molecule has 0 aliphatic carbocycles. The Balaban J connectivity index is 2.38. The number of thioether (sulfide) groups is 1. The monoisotopic (exact) mass is 256 g/mol. The smallest absolute Gasteiger partial charge is 0.123 e. The predicted molar refractivity (Wildman–Crippen MR) is 75.5 cm³/mol. The highest BCUT2D eigenvalue weighted by Crippen LogP contribution is 2.20. The standard InChI is InChI=1S/C13H21FSSi/c1-11-9-13(14)6-5-12(11)10-15-7-8-16(2,3)4/h5-6,9H,7-8,10H2,1-4H3. The van der Waals surface area contributed by atoms with Crippen molar-refractivity contribution < 1.29 is 4.39 Å². The molecule has 0 spiro atoms. The van der Waals surface area contributed by atoms with E-state index < -0.39 is 8.07 Å². The van der Waals surface area contributed by atoms with Crippen molar-refractivity contribution in [3.63, 3.8) is 0 Å². The van der Waals surface area contributed by atoms with E-state index >= 15 is 0 Å². The van der Waals surface area contributed by atoms with Crippen LogP contribution in [0.5, 0.6) is 0 Å². The first-order chi connectivity index (χ1) is 7.38. The Morgan fingerprint density at radius 2 is 1.94 bits per heavy atom. The maximum atomic E-state index is 12.9. The minimum absolute atomic E-state index is 0.131. The van der Waals surface area contributed by atoms with Gasteiger partial charge < -0.3 is 0 Å². The van der Waals surface area contributed by atoms with Crippen molar-refractivity contribution in [2.75, 3.05) is 5.75 Å². The van der Waals surface area contributed by atoms with E-state index in [9.17, 15) is 4.39 Å². The lowest BCUT2D eigenvalue weighted by molar-refractivity contribution is 0.626. The second kappa shape index (κ2) is 5.87. The minimum Gasteiger partial charge on any atom is -0.207 e. The van der Waals surface area contributed by atoms with Gasteiger partial charge in [0.25, 0.3) is 0 Å². The molecule has 0 heterocycles. The Bertz CT molecular complexity index is 344. The maximum absolute atomic E-state index is 12.9. The second-order valence-corrected chi connectivity index (χ2v) is 12.2. The fourth-order valence-electron chi connectivity index (χ4n) is 1.38. The molecule has 1 aromatic rings. The van der Waals surface area contributed by atoms with Crippen LogP contribution in [-0.4, -0.2) is 13.8 Å². The van der Waals surface area contributed by atoms with Crippen molar-refractivity contribution >= 4 is 19.8 Å². The summed E-state index contributed by atoms with van der Waals surface area (Å²) in [6, 6.07) is 6.44. The molecular formula is C13H21FSSi. The summed E-state index contributed by atoms with van der Waals surface area (Å²) >= 11 is 1.97. The first-order valence-electron chi connectivity index (χ1n) is 5.71. The third-order valence-electron chi connectivity index (χ3n) is 2.56. The van der Waals surface area contributed by atoms with Crippen molar-refractivity contribution in [3.8, 4) is 0 Å². The van der Waals surface area contributed by atoms with Crippen LogP contribution in [0.1, 0.15) is 11.1 Å². The summed E-state index contributed by atoms with van der Waals surface area (Å²) in [5.74, 6) is 2.11. The Labute approximate surface area is 104 Å². The molecular weight excluding hydrogens is 235 g/mol. The number of hydrogen-bond acceptors (Lipinski definition) is 1. The highest BCUT2D eigenvalue weighted by atomic mass is 32.2. The van der Waals surface area contributed by atoms with Crippen molar-refractivity contribution in [2.45, 2.75) is 38.4 Å². The van der Waals surface area contributed by atoms with E-state index in [1.807, 2.05) is 24.8 Å². The largest absolute Gasteiger partial charge is 0.207 e. The molecule has 0 aromatic heterocycles. The fraction of sp³-hybridized carbons (Fsp3) is 0.538. The Morgan fingerprint density at radius 3 is 2.50 bits per heavy atom. The van der Waals surface area contributed by atoms with E-state index in [-0.39, 0.29) is 5.82 Å². The van der Waals surface area contributed by atoms with E-state index in [4.69, 9.17) is 0 Å². The van der Waals surface area contributed by atoms with E-state index in [0.717, 1.165) is 11.3 Å². The number of halogens is 1. The molecule has 0 atom stereocenters. The molecule has 0 aliphatic heterocycles. The van der Waals surface area contributed by atoms with E-state index in [2.05, 4.69) is 19.6 Å². The van der Waals surface area contributed by atoms with Gasteiger partial charge in [0.05, 0.1) is 0 Å². The highest BCUT2D eigenvalue weighted by Gasteiger charge is 2.12. The molecule has 90 valence electrons. The first kappa shape index (κ1) is 13.8. The summed E-state index contributed by atoms with van der Waals surface area (Å²) in [5.41, 5.74) is 2.34. The maximum Gasteiger partial charge on any atom is 0.123 e. The lowest BCUT2D eigenvalue weighted by atomic mass is 10.1. The van der Waals surface area contributed by atoms with Gasteiger partial charge in [0, 0.05) is 13.8 Å². The van der Waals surface area contributed by atoms with E-state index in [0.29, 0.717) is 0 Å². The zero-order valence-electron chi connectivity index (χ0n) is 10.6. The number of benzene rings is 1. The Morgan fingerprint density at radius 1 is 1.25 bits per heavy atom. The van der Waals surface area contributed by atoms with Gasteiger partial charge in [0.2, 0.25) is 0 Å².